The number of halogens is 4. The van der Waals surface area contributed by atoms with Crippen LogP contribution in [0.1, 0.15) is 21.5 Å². The normalized spacial score (nSPS) is 10.7. The van der Waals surface area contributed by atoms with Gasteiger partial charge in [0.05, 0.1) is 5.56 Å². The summed E-state index contributed by atoms with van der Waals surface area (Å²) < 4.78 is 53.1. The molecule has 2 aromatic carbocycles. The van der Waals surface area contributed by atoms with E-state index in [4.69, 9.17) is 0 Å². The molecule has 0 atom stereocenters. The first-order valence-electron chi connectivity index (χ1n) is 5.81. The first kappa shape index (κ1) is 14.2. The number of rotatable bonds is 3. The van der Waals surface area contributed by atoms with E-state index >= 15 is 0 Å². The largest absolute Gasteiger partial charge is 0.294 e. The molecule has 0 bridgehead atoms. The number of carbonyl (C=O) groups excluding carboxylic acids is 1. The van der Waals surface area contributed by atoms with E-state index in [1.165, 1.54) is 6.92 Å². The van der Waals surface area contributed by atoms with Crippen molar-refractivity contribution in [3.63, 3.8) is 0 Å². The Bertz CT molecular complexity index is 680. The van der Waals surface area contributed by atoms with Crippen LogP contribution in [0.4, 0.5) is 17.6 Å². The van der Waals surface area contributed by atoms with Gasteiger partial charge in [-0.2, -0.15) is 0 Å². The second-order valence-corrected chi connectivity index (χ2v) is 4.42. The Morgan fingerprint density at radius 3 is 2.35 bits per heavy atom. The van der Waals surface area contributed by atoms with Gasteiger partial charge in [-0.25, -0.2) is 17.6 Å². The molecular weight excluding hydrogens is 272 g/mol. The van der Waals surface area contributed by atoms with E-state index in [-0.39, 0.29) is 16.7 Å². The van der Waals surface area contributed by atoms with Crippen LogP contribution in [0.3, 0.4) is 0 Å². The van der Waals surface area contributed by atoms with E-state index in [0.29, 0.717) is 6.07 Å². The van der Waals surface area contributed by atoms with Crippen molar-refractivity contribution in [2.45, 2.75) is 13.3 Å². The van der Waals surface area contributed by atoms with Crippen molar-refractivity contribution in [1.82, 2.24) is 0 Å². The van der Waals surface area contributed by atoms with Gasteiger partial charge in [-0.15, -0.1) is 0 Å². The molecule has 104 valence electrons. The third kappa shape index (κ3) is 2.87. The Balaban J connectivity index is 2.33. The second-order valence-electron chi connectivity index (χ2n) is 4.42. The average molecular weight is 282 g/mol. The van der Waals surface area contributed by atoms with Gasteiger partial charge in [0.1, 0.15) is 23.3 Å². The van der Waals surface area contributed by atoms with Crippen LogP contribution in [0, 0.1) is 30.2 Å². The van der Waals surface area contributed by atoms with E-state index in [9.17, 15) is 22.4 Å². The monoisotopic (exact) mass is 282 g/mol. The van der Waals surface area contributed by atoms with E-state index < -0.39 is 35.5 Å². The smallest absolute Gasteiger partial charge is 0.170 e. The summed E-state index contributed by atoms with van der Waals surface area (Å²) in [5.41, 5.74) is -0.404. The number of aryl methyl sites for hydroxylation is 1. The zero-order valence-corrected chi connectivity index (χ0v) is 10.5. The Morgan fingerprint density at radius 2 is 1.65 bits per heavy atom. The molecule has 2 aromatic rings. The highest BCUT2D eigenvalue weighted by molar-refractivity contribution is 5.98. The lowest BCUT2D eigenvalue weighted by Gasteiger charge is -2.06. The lowest BCUT2D eigenvalue weighted by atomic mass is 10.0. The summed E-state index contributed by atoms with van der Waals surface area (Å²) in [4.78, 5) is 11.9. The van der Waals surface area contributed by atoms with Gasteiger partial charge in [-0.05, 0) is 42.3 Å². The summed E-state index contributed by atoms with van der Waals surface area (Å²) in [6.07, 6.45) is -0.494. The number of hydrogen-bond acceptors (Lipinski definition) is 1. The average Bonchev–Trinajstić information content (AvgIpc) is 2.38. The standard InChI is InChI=1S/C15H10F4O/c1-8-4-11(14(19)7-13(8)18)15(20)6-9-5-10(16)2-3-12(9)17/h2-5,7H,6H2,1H3. The van der Waals surface area contributed by atoms with Crippen molar-refractivity contribution in [3.05, 3.63) is 70.3 Å². The van der Waals surface area contributed by atoms with Gasteiger partial charge in [-0.3, -0.25) is 4.79 Å². The number of ketones is 1. The fourth-order valence-electron chi connectivity index (χ4n) is 1.82. The van der Waals surface area contributed by atoms with Gasteiger partial charge < -0.3 is 0 Å². The SMILES string of the molecule is Cc1cc(C(=O)Cc2cc(F)ccc2F)c(F)cc1F. The molecule has 0 radical (unpaired) electrons. The number of Topliss-reactive ketones (excluding diaryl/α,β-unsaturated/α-hetero) is 1. The molecule has 5 heteroatoms. The maximum absolute atomic E-state index is 13.5. The molecule has 0 fully saturated rings. The fraction of sp³-hybridized carbons (Fsp3) is 0.133. The highest BCUT2D eigenvalue weighted by Crippen LogP contribution is 2.18. The Labute approximate surface area is 112 Å². The summed E-state index contributed by atoms with van der Waals surface area (Å²) in [5, 5.41) is 0. The van der Waals surface area contributed by atoms with E-state index in [2.05, 4.69) is 0 Å². The Morgan fingerprint density at radius 1 is 0.950 bits per heavy atom. The summed E-state index contributed by atoms with van der Waals surface area (Å²) in [5.74, 6) is -3.97. The van der Waals surface area contributed by atoms with Crippen LogP contribution < -0.4 is 0 Å². The molecule has 0 N–H and O–H groups in total. The van der Waals surface area contributed by atoms with Gasteiger partial charge in [0.25, 0.3) is 0 Å². The predicted octanol–water partition coefficient (Wildman–Crippen LogP) is 3.98. The minimum absolute atomic E-state index is 0.106. The van der Waals surface area contributed by atoms with Crippen molar-refractivity contribution in [2.24, 2.45) is 0 Å². The molecule has 0 unspecified atom stereocenters. The Kier molecular flexibility index (Phi) is 3.88. The molecule has 0 aliphatic rings. The summed E-state index contributed by atoms with van der Waals surface area (Å²) in [6, 6.07) is 4.35. The first-order valence-corrected chi connectivity index (χ1v) is 5.81. The molecule has 0 saturated heterocycles. The highest BCUT2D eigenvalue weighted by Gasteiger charge is 2.17. The van der Waals surface area contributed by atoms with Crippen LogP contribution in [0.2, 0.25) is 0 Å². The molecule has 0 aliphatic carbocycles. The van der Waals surface area contributed by atoms with Gasteiger partial charge in [0.15, 0.2) is 5.78 Å². The van der Waals surface area contributed by atoms with Crippen LogP contribution in [-0.2, 0) is 6.42 Å². The van der Waals surface area contributed by atoms with Gasteiger partial charge >= 0.3 is 0 Å². The van der Waals surface area contributed by atoms with Crippen LogP contribution in [-0.4, -0.2) is 5.78 Å². The van der Waals surface area contributed by atoms with Crippen molar-refractivity contribution in [1.29, 1.82) is 0 Å². The van der Waals surface area contributed by atoms with Crippen LogP contribution >= 0.6 is 0 Å². The maximum Gasteiger partial charge on any atom is 0.170 e. The van der Waals surface area contributed by atoms with E-state index in [1.54, 1.807) is 0 Å². The quantitative estimate of drug-likeness (QED) is 0.615. The second kappa shape index (κ2) is 5.45. The van der Waals surface area contributed by atoms with E-state index in [0.717, 1.165) is 24.3 Å². The van der Waals surface area contributed by atoms with Crippen molar-refractivity contribution in [2.75, 3.05) is 0 Å². The summed E-state index contributed by atoms with van der Waals surface area (Å²) in [6.45, 7) is 1.38. The molecule has 1 nitrogen and oxygen atoms in total. The minimum Gasteiger partial charge on any atom is -0.294 e. The van der Waals surface area contributed by atoms with Gasteiger partial charge in [0, 0.05) is 12.5 Å². The molecule has 0 heterocycles. The van der Waals surface area contributed by atoms with Crippen LogP contribution in [0.5, 0.6) is 0 Å². The van der Waals surface area contributed by atoms with Crippen LogP contribution in [0.25, 0.3) is 0 Å². The maximum atomic E-state index is 13.5. The lowest BCUT2D eigenvalue weighted by Crippen LogP contribution is -2.09. The molecule has 0 aromatic heterocycles. The van der Waals surface area contributed by atoms with Crippen molar-refractivity contribution < 1.29 is 22.4 Å². The zero-order valence-electron chi connectivity index (χ0n) is 10.5. The predicted molar refractivity (Wildman–Crippen MR) is 65.5 cm³/mol. The van der Waals surface area contributed by atoms with E-state index in [1.807, 2.05) is 0 Å². The fourth-order valence-corrected chi connectivity index (χ4v) is 1.82. The molecule has 2 rings (SSSR count). The van der Waals surface area contributed by atoms with Gasteiger partial charge in [-0.1, -0.05) is 0 Å². The molecule has 0 spiro atoms. The molecule has 20 heavy (non-hydrogen) atoms. The first-order chi connectivity index (χ1) is 9.38. The van der Waals surface area contributed by atoms with Crippen LogP contribution in [0.15, 0.2) is 30.3 Å². The summed E-state index contributed by atoms with van der Waals surface area (Å²) >= 11 is 0. The highest BCUT2D eigenvalue weighted by atomic mass is 19.1. The molecule has 0 amide bonds. The third-order valence-corrected chi connectivity index (χ3v) is 2.91. The van der Waals surface area contributed by atoms with Crippen molar-refractivity contribution in [3.8, 4) is 0 Å². The summed E-state index contributed by atoms with van der Waals surface area (Å²) in [7, 11) is 0. The molecule has 0 saturated carbocycles. The Hall–Kier alpha value is -2.17. The van der Waals surface area contributed by atoms with Gasteiger partial charge in [0.2, 0.25) is 0 Å². The number of hydrogen-bond donors (Lipinski definition) is 0. The molecular formula is C15H10F4O. The topological polar surface area (TPSA) is 17.1 Å². The molecule has 0 aliphatic heterocycles. The lowest BCUT2D eigenvalue weighted by molar-refractivity contribution is 0.0987. The number of carbonyl (C=O) groups is 1. The third-order valence-electron chi connectivity index (χ3n) is 2.91. The zero-order chi connectivity index (χ0) is 14.9. The number of benzene rings is 2. The van der Waals surface area contributed by atoms with Crippen molar-refractivity contribution >= 4 is 5.78 Å². The minimum atomic E-state index is -1.02.